The Bertz CT molecular complexity index is 1960. The van der Waals surface area contributed by atoms with Gasteiger partial charge in [-0.05, 0) is 89.0 Å². The summed E-state index contributed by atoms with van der Waals surface area (Å²) in [6.07, 6.45) is 0. The Morgan fingerprint density at radius 3 is 1.67 bits per heavy atom. The number of benzene rings is 7. The zero-order valence-corrected chi connectivity index (χ0v) is 19.7. The van der Waals surface area contributed by atoms with Crippen molar-refractivity contribution >= 4 is 32.3 Å². The molecule has 0 heteroatoms. The molecular weight excluding hydrogens is 432 g/mol. The molecule has 7 aromatic carbocycles. The number of hydrogen-bond donors (Lipinski definition) is 0. The summed E-state index contributed by atoms with van der Waals surface area (Å²) in [4.78, 5) is 0. The van der Waals surface area contributed by atoms with Crippen molar-refractivity contribution in [1.82, 2.24) is 0 Å². The maximum absolute atomic E-state index is 2.36. The molecule has 0 spiro atoms. The molecule has 0 aliphatic heterocycles. The summed E-state index contributed by atoms with van der Waals surface area (Å²) in [5.74, 6) is 0. The summed E-state index contributed by atoms with van der Waals surface area (Å²) >= 11 is 0. The topological polar surface area (TPSA) is 0 Å². The third-order valence-corrected chi connectivity index (χ3v) is 7.80. The molecule has 7 aromatic rings. The molecule has 0 saturated carbocycles. The van der Waals surface area contributed by atoms with Crippen molar-refractivity contribution < 1.29 is 0 Å². The van der Waals surface area contributed by atoms with Crippen molar-refractivity contribution in [3.8, 4) is 44.5 Å². The van der Waals surface area contributed by atoms with Gasteiger partial charge in [0.15, 0.2) is 0 Å². The van der Waals surface area contributed by atoms with Gasteiger partial charge in [-0.15, -0.1) is 0 Å². The van der Waals surface area contributed by atoms with E-state index in [1.165, 1.54) is 76.8 Å². The van der Waals surface area contributed by atoms with Gasteiger partial charge in [0, 0.05) is 0 Å². The van der Waals surface area contributed by atoms with E-state index in [1.54, 1.807) is 0 Å². The molecule has 0 N–H and O–H groups in total. The van der Waals surface area contributed by atoms with Crippen LogP contribution in [0.1, 0.15) is 0 Å². The van der Waals surface area contributed by atoms with Crippen molar-refractivity contribution in [2.45, 2.75) is 0 Å². The largest absolute Gasteiger partial charge is 0.0616 e. The quantitative estimate of drug-likeness (QED) is 0.228. The van der Waals surface area contributed by atoms with E-state index in [9.17, 15) is 0 Å². The Morgan fingerprint density at radius 1 is 0.278 bits per heavy atom. The molecule has 0 amide bonds. The molecule has 36 heavy (non-hydrogen) atoms. The molecule has 0 unspecified atom stereocenters. The SMILES string of the molecule is c1cc(-c2ccc3c4c(cccc24)-c2ccccc2-3)cc(-c2cc3ccccc3c3ccccc23)c1. The van der Waals surface area contributed by atoms with E-state index in [0.29, 0.717) is 0 Å². The summed E-state index contributed by atoms with van der Waals surface area (Å²) in [6, 6.07) is 49.0. The molecule has 1 aliphatic rings. The van der Waals surface area contributed by atoms with Crippen LogP contribution in [0, 0.1) is 0 Å². The predicted molar refractivity (Wildman–Crippen MR) is 154 cm³/mol. The molecule has 0 saturated heterocycles. The number of fused-ring (bicyclic) bond motifs is 6. The molecular formula is C36H22. The van der Waals surface area contributed by atoms with Gasteiger partial charge in [0.25, 0.3) is 0 Å². The molecule has 0 nitrogen and oxygen atoms in total. The van der Waals surface area contributed by atoms with Gasteiger partial charge in [-0.2, -0.15) is 0 Å². The second-order valence-corrected chi connectivity index (χ2v) is 9.71. The Labute approximate surface area is 210 Å². The first kappa shape index (κ1) is 19.6. The lowest BCUT2D eigenvalue weighted by atomic mass is 9.90. The summed E-state index contributed by atoms with van der Waals surface area (Å²) in [6.45, 7) is 0. The minimum atomic E-state index is 1.25. The van der Waals surface area contributed by atoms with Gasteiger partial charge in [-0.25, -0.2) is 0 Å². The Balaban J connectivity index is 1.36. The maximum Gasteiger partial charge on any atom is -0.00201 e. The fourth-order valence-corrected chi connectivity index (χ4v) is 6.21. The Morgan fingerprint density at radius 2 is 0.833 bits per heavy atom. The van der Waals surface area contributed by atoms with Gasteiger partial charge < -0.3 is 0 Å². The zero-order chi connectivity index (χ0) is 23.6. The molecule has 1 aliphatic carbocycles. The zero-order valence-electron chi connectivity index (χ0n) is 19.7. The van der Waals surface area contributed by atoms with Crippen LogP contribution in [0.3, 0.4) is 0 Å². The van der Waals surface area contributed by atoms with Gasteiger partial charge in [-0.1, -0.05) is 121 Å². The highest BCUT2D eigenvalue weighted by Gasteiger charge is 2.22. The molecule has 8 rings (SSSR count). The second kappa shape index (κ2) is 7.41. The summed E-state index contributed by atoms with van der Waals surface area (Å²) in [7, 11) is 0. The summed E-state index contributed by atoms with van der Waals surface area (Å²) < 4.78 is 0. The van der Waals surface area contributed by atoms with Crippen LogP contribution in [0.5, 0.6) is 0 Å². The van der Waals surface area contributed by atoms with Crippen molar-refractivity contribution in [2.24, 2.45) is 0 Å². The highest BCUT2D eigenvalue weighted by molar-refractivity contribution is 6.19. The third-order valence-electron chi connectivity index (χ3n) is 7.80. The fourth-order valence-electron chi connectivity index (χ4n) is 6.21. The van der Waals surface area contributed by atoms with Gasteiger partial charge in [0.05, 0.1) is 0 Å². The molecule has 0 aromatic heterocycles. The average Bonchev–Trinajstić information content (AvgIpc) is 3.28. The van der Waals surface area contributed by atoms with Crippen LogP contribution in [0.4, 0.5) is 0 Å². The number of hydrogen-bond acceptors (Lipinski definition) is 0. The minimum Gasteiger partial charge on any atom is -0.0616 e. The maximum atomic E-state index is 2.36. The fraction of sp³-hybridized carbons (Fsp3) is 0. The first-order chi connectivity index (χ1) is 17.9. The van der Waals surface area contributed by atoms with E-state index in [2.05, 4.69) is 133 Å². The first-order valence-electron chi connectivity index (χ1n) is 12.5. The van der Waals surface area contributed by atoms with Gasteiger partial charge in [-0.3, -0.25) is 0 Å². The smallest absolute Gasteiger partial charge is 0.00201 e. The van der Waals surface area contributed by atoms with E-state index < -0.39 is 0 Å². The Hall–Kier alpha value is -4.68. The predicted octanol–water partition coefficient (Wildman–Crippen LogP) is 10.1. The van der Waals surface area contributed by atoms with E-state index in [1.807, 2.05) is 0 Å². The van der Waals surface area contributed by atoms with Gasteiger partial charge >= 0.3 is 0 Å². The average molecular weight is 455 g/mol. The molecule has 0 bridgehead atoms. The van der Waals surface area contributed by atoms with Crippen LogP contribution in [0.15, 0.2) is 133 Å². The van der Waals surface area contributed by atoms with Crippen LogP contribution in [-0.4, -0.2) is 0 Å². The molecule has 0 heterocycles. The van der Waals surface area contributed by atoms with Crippen molar-refractivity contribution in [2.75, 3.05) is 0 Å². The monoisotopic (exact) mass is 454 g/mol. The van der Waals surface area contributed by atoms with E-state index in [0.717, 1.165) is 0 Å². The van der Waals surface area contributed by atoms with Crippen molar-refractivity contribution in [1.29, 1.82) is 0 Å². The molecule has 166 valence electrons. The normalized spacial score (nSPS) is 11.9. The second-order valence-electron chi connectivity index (χ2n) is 9.71. The van der Waals surface area contributed by atoms with Crippen LogP contribution in [-0.2, 0) is 0 Å². The van der Waals surface area contributed by atoms with E-state index >= 15 is 0 Å². The highest BCUT2D eigenvalue weighted by Crippen LogP contribution is 2.49. The van der Waals surface area contributed by atoms with E-state index in [4.69, 9.17) is 0 Å². The molecule has 0 fully saturated rings. The standard InChI is InChI=1S/C36H22/c1-2-12-26-25(9-1)22-35(31-16-6-3-13-28(26)31)24-11-7-10-23(21-24)27-19-20-34-30-15-5-4-14-29(30)33-18-8-17-32(27)36(33)34/h1-22H. The highest BCUT2D eigenvalue weighted by atomic mass is 14.2. The Kier molecular flexibility index (Phi) is 4.03. The lowest BCUT2D eigenvalue weighted by Crippen LogP contribution is -1.87. The van der Waals surface area contributed by atoms with Gasteiger partial charge in [0.1, 0.15) is 0 Å². The van der Waals surface area contributed by atoms with Crippen LogP contribution >= 0.6 is 0 Å². The number of rotatable bonds is 2. The first-order valence-corrected chi connectivity index (χ1v) is 12.5. The minimum absolute atomic E-state index is 1.25. The molecule has 0 radical (unpaired) electrons. The van der Waals surface area contributed by atoms with Crippen LogP contribution < -0.4 is 0 Å². The van der Waals surface area contributed by atoms with Gasteiger partial charge in [0.2, 0.25) is 0 Å². The lowest BCUT2D eigenvalue weighted by molar-refractivity contribution is 1.63. The molecule has 0 atom stereocenters. The summed E-state index contributed by atoms with van der Waals surface area (Å²) in [5.41, 5.74) is 10.4. The van der Waals surface area contributed by atoms with Crippen molar-refractivity contribution in [3.63, 3.8) is 0 Å². The summed E-state index contributed by atoms with van der Waals surface area (Å²) in [5, 5.41) is 7.88. The lowest BCUT2D eigenvalue weighted by Gasteiger charge is -2.14. The van der Waals surface area contributed by atoms with E-state index in [-0.39, 0.29) is 0 Å². The third kappa shape index (κ3) is 2.70. The van der Waals surface area contributed by atoms with Crippen LogP contribution in [0.2, 0.25) is 0 Å². The van der Waals surface area contributed by atoms with Crippen molar-refractivity contribution in [3.05, 3.63) is 133 Å². The van der Waals surface area contributed by atoms with Crippen LogP contribution in [0.25, 0.3) is 76.8 Å².